The summed E-state index contributed by atoms with van der Waals surface area (Å²) in [5.41, 5.74) is 1.92. The quantitative estimate of drug-likeness (QED) is 0.380. The molecule has 1 aliphatic rings. The Balaban J connectivity index is 1.73. The summed E-state index contributed by atoms with van der Waals surface area (Å²) < 4.78 is 37.1. The van der Waals surface area contributed by atoms with E-state index in [1.165, 1.54) is 18.5 Å². The zero-order valence-electron chi connectivity index (χ0n) is 18.4. The van der Waals surface area contributed by atoms with Crippen molar-refractivity contribution in [1.82, 2.24) is 4.98 Å². The standard InChI is InChI=1S/C25H26F2N2O4/c1-25(2,30)23-10-6-18(14-28-23)20(12-16-4-3-11-29(31)15-16)17-5-9-21(33-24(26)27)22(13-17)32-19-7-8-19/h3-6,9-11,13-15,19-20,24,30H,7-8,12H2,1-2H3/t20-/m1/s1. The van der Waals surface area contributed by atoms with Crippen LogP contribution in [0.25, 0.3) is 0 Å². The molecule has 33 heavy (non-hydrogen) atoms. The van der Waals surface area contributed by atoms with Crippen LogP contribution >= 0.6 is 0 Å². The van der Waals surface area contributed by atoms with Crippen LogP contribution in [0.2, 0.25) is 0 Å². The SMILES string of the molecule is CC(C)(O)c1ccc([C@H](Cc2ccc[n+]([O-])c2)c2ccc(OC(F)F)c(OC3CC3)c2)cn1. The third kappa shape index (κ3) is 5.96. The highest BCUT2D eigenvalue weighted by atomic mass is 19.3. The van der Waals surface area contributed by atoms with Gasteiger partial charge in [-0.25, -0.2) is 0 Å². The van der Waals surface area contributed by atoms with Gasteiger partial charge in [0.05, 0.1) is 11.8 Å². The van der Waals surface area contributed by atoms with E-state index in [1.54, 1.807) is 44.3 Å². The Hall–Kier alpha value is -3.26. The molecule has 0 spiro atoms. The molecule has 6 nitrogen and oxygen atoms in total. The number of aromatic nitrogens is 2. The molecule has 0 amide bonds. The Morgan fingerprint density at radius 1 is 1.15 bits per heavy atom. The average Bonchev–Trinajstić information content (AvgIpc) is 3.57. The van der Waals surface area contributed by atoms with Crippen molar-refractivity contribution in [3.63, 3.8) is 0 Å². The van der Waals surface area contributed by atoms with Crippen molar-refractivity contribution in [3.05, 3.63) is 88.6 Å². The minimum Gasteiger partial charge on any atom is -0.619 e. The Kier molecular flexibility index (Phi) is 6.47. The number of rotatable bonds is 9. The number of benzene rings is 1. The van der Waals surface area contributed by atoms with Gasteiger partial charge < -0.3 is 19.8 Å². The molecule has 0 unspecified atom stereocenters. The first-order valence-electron chi connectivity index (χ1n) is 10.8. The first-order chi connectivity index (χ1) is 15.7. The molecule has 0 aliphatic heterocycles. The molecule has 0 radical (unpaired) electrons. The highest BCUT2D eigenvalue weighted by molar-refractivity contribution is 5.47. The van der Waals surface area contributed by atoms with Crippen LogP contribution in [-0.4, -0.2) is 22.8 Å². The lowest BCUT2D eigenvalue weighted by molar-refractivity contribution is -0.605. The average molecular weight is 456 g/mol. The summed E-state index contributed by atoms with van der Waals surface area (Å²) in [6, 6.07) is 12.1. The predicted molar refractivity (Wildman–Crippen MR) is 117 cm³/mol. The molecule has 4 rings (SSSR count). The molecule has 1 aliphatic carbocycles. The Morgan fingerprint density at radius 2 is 1.91 bits per heavy atom. The molecule has 3 aromatic rings. The van der Waals surface area contributed by atoms with Crippen LogP contribution in [-0.2, 0) is 12.0 Å². The molecule has 8 heteroatoms. The van der Waals surface area contributed by atoms with Gasteiger partial charge in [0.2, 0.25) is 0 Å². The van der Waals surface area contributed by atoms with Crippen molar-refractivity contribution < 1.29 is 28.1 Å². The molecule has 1 saturated carbocycles. The second kappa shape index (κ2) is 9.31. The van der Waals surface area contributed by atoms with E-state index >= 15 is 0 Å². The van der Waals surface area contributed by atoms with Crippen molar-refractivity contribution in [1.29, 1.82) is 0 Å². The van der Waals surface area contributed by atoms with E-state index in [2.05, 4.69) is 9.72 Å². The van der Waals surface area contributed by atoms with E-state index in [9.17, 15) is 19.1 Å². The normalized spacial score (nSPS) is 14.8. The summed E-state index contributed by atoms with van der Waals surface area (Å²) in [5.74, 6) is 0.0262. The number of nitrogens with zero attached hydrogens (tertiary/aromatic N) is 2. The van der Waals surface area contributed by atoms with Gasteiger partial charge in [0, 0.05) is 23.7 Å². The molecule has 2 heterocycles. The van der Waals surface area contributed by atoms with E-state index in [-0.39, 0.29) is 23.5 Å². The zero-order chi connectivity index (χ0) is 23.6. The maximum Gasteiger partial charge on any atom is 0.387 e. The van der Waals surface area contributed by atoms with Gasteiger partial charge >= 0.3 is 6.61 Å². The van der Waals surface area contributed by atoms with Gasteiger partial charge in [-0.05, 0) is 68.5 Å². The van der Waals surface area contributed by atoms with Crippen molar-refractivity contribution in [3.8, 4) is 11.5 Å². The van der Waals surface area contributed by atoms with Crippen LogP contribution in [0.1, 0.15) is 55.0 Å². The zero-order valence-corrected chi connectivity index (χ0v) is 18.4. The molecular formula is C25H26F2N2O4. The maximum absolute atomic E-state index is 12.9. The highest BCUT2D eigenvalue weighted by Crippen LogP contribution is 2.39. The van der Waals surface area contributed by atoms with Crippen LogP contribution in [0.3, 0.4) is 0 Å². The Labute approximate surface area is 191 Å². The number of hydrogen-bond acceptors (Lipinski definition) is 5. The Morgan fingerprint density at radius 3 is 2.52 bits per heavy atom. The molecule has 1 atom stereocenters. The predicted octanol–water partition coefficient (Wildman–Crippen LogP) is 4.46. The minimum absolute atomic E-state index is 0.00000280. The van der Waals surface area contributed by atoms with Crippen LogP contribution in [0.15, 0.2) is 61.1 Å². The molecule has 174 valence electrons. The largest absolute Gasteiger partial charge is 0.619 e. The van der Waals surface area contributed by atoms with E-state index in [4.69, 9.17) is 4.74 Å². The smallest absolute Gasteiger partial charge is 0.387 e. The van der Waals surface area contributed by atoms with Crippen molar-refractivity contribution in [2.24, 2.45) is 0 Å². The molecular weight excluding hydrogens is 430 g/mol. The van der Waals surface area contributed by atoms with Gasteiger partial charge in [-0.2, -0.15) is 13.5 Å². The second-order valence-corrected chi connectivity index (χ2v) is 8.77. The number of alkyl halides is 2. The van der Waals surface area contributed by atoms with Gasteiger partial charge in [-0.3, -0.25) is 4.98 Å². The number of aliphatic hydroxyl groups is 1. The topological polar surface area (TPSA) is 78.5 Å². The first kappa shape index (κ1) is 22.9. The lowest BCUT2D eigenvalue weighted by atomic mass is 9.86. The lowest BCUT2D eigenvalue weighted by Gasteiger charge is -2.22. The van der Waals surface area contributed by atoms with Gasteiger partial charge in [0.15, 0.2) is 23.9 Å². The van der Waals surface area contributed by atoms with Crippen molar-refractivity contribution >= 4 is 0 Å². The number of hydrogen-bond donors (Lipinski definition) is 1. The fourth-order valence-electron chi connectivity index (χ4n) is 3.65. The minimum atomic E-state index is -2.96. The summed E-state index contributed by atoms with van der Waals surface area (Å²) in [6.07, 6.45) is 6.83. The molecule has 0 saturated heterocycles. The van der Waals surface area contributed by atoms with E-state index in [0.29, 0.717) is 12.1 Å². The lowest BCUT2D eigenvalue weighted by Crippen LogP contribution is -2.25. The summed E-state index contributed by atoms with van der Waals surface area (Å²) in [4.78, 5) is 4.42. The summed E-state index contributed by atoms with van der Waals surface area (Å²) in [7, 11) is 0. The molecule has 0 bridgehead atoms. The van der Waals surface area contributed by atoms with Crippen molar-refractivity contribution in [2.45, 2.75) is 57.3 Å². The second-order valence-electron chi connectivity index (χ2n) is 8.77. The van der Waals surface area contributed by atoms with Gasteiger partial charge in [-0.15, -0.1) is 0 Å². The van der Waals surface area contributed by atoms with Gasteiger partial charge in [0.1, 0.15) is 5.60 Å². The highest BCUT2D eigenvalue weighted by Gasteiger charge is 2.27. The van der Waals surface area contributed by atoms with Gasteiger partial charge in [0.25, 0.3) is 0 Å². The van der Waals surface area contributed by atoms with Crippen LogP contribution in [0.5, 0.6) is 11.5 Å². The summed E-state index contributed by atoms with van der Waals surface area (Å²) in [5, 5.41) is 22.0. The fraction of sp³-hybridized carbons (Fsp3) is 0.360. The molecule has 1 fully saturated rings. The number of halogens is 2. The van der Waals surface area contributed by atoms with Gasteiger partial charge in [-0.1, -0.05) is 12.1 Å². The third-order valence-electron chi connectivity index (χ3n) is 5.50. The molecule has 1 N–H and O–H groups in total. The van der Waals surface area contributed by atoms with Crippen LogP contribution < -0.4 is 14.2 Å². The summed E-state index contributed by atoms with van der Waals surface area (Å²) in [6.45, 7) is 0.364. The first-order valence-corrected chi connectivity index (χ1v) is 10.8. The number of ether oxygens (including phenoxy) is 2. The monoisotopic (exact) mass is 456 g/mol. The van der Waals surface area contributed by atoms with Crippen LogP contribution in [0.4, 0.5) is 8.78 Å². The fourth-order valence-corrected chi connectivity index (χ4v) is 3.65. The van der Waals surface area contributed by atoms with Crippen molar-refractivity contribution in [2.75, 3.05) is 0 Å². The summed E-state index contributed by atoms with van der Waals surface area (Å²) >= 11 is 0. The third-order valence-corrected chi connectivity index (χ3v) is 5.50. The van der Waals surface area contributed by atoms with E-state index in [1.807, 2.05) is 12.1 Å². The Bertz CT molecular complexity index is 1100. The van der Waals surface area contributed by atoms with E-state index in [0.717, 1.165) is 34.3 Å². The molecule has 1 aromatic carbocycles. The number of pyridine rings is 2. The molecule has 2 aromatic heterocycles. The van der Waals surface area contributed by atoms with E-state index < -0.39 is 12.2 Å². The van der Waals surface area contributed by atoms with Crippen LogP contribution in [0, 0.1) is 5.21 Å². The maximum atomic E-state index is 12.9.